The van der Waals surface area contributed by atoms with Crippen LogP contribution in [0.25, 0.3) is 0 Å². The molecule has 0 radical (unpaired) electrons. The van der Waals surface area contributed by atoms with Crippen molar-refractivity contribution in [3.63, 3.8) is 0 Å². The number of amides is 1. The summed E-state index contributed by atoms with van der Waals surface area (Å²) >= 11 is 0. The number of sulfone groups is 1. The Bertz CT molecular complexity index is 675. The van der Waals surface area contributed by atoms with Gasteiger partial charge in [-0.25, -0.2) is 13.2 Å². The van der Waals surface area contributed by atoms with E-state index >= 15 is 0 Å². The lowest BCUT2D eigenvalue weighted by atomic mass is 10.3. The zero-order valence-electron chi connectivity index (χ0n) is 11.6. The summed E-state index contributed by atoms with van der Waals surface area (Å²) in [5.74, 6) is -0.562. The average molecular weight is 354 g/mol. The lowest BCUT2D eigenvalue weighted by Gasteiger charge is -2.33. The van der Waals surface area contributed by atoms with Crippen molar-refractivity contribution in [3.05, 3.63) is 24.3 Å². The third-order valence-corrected chi connectivity index (χ3v) is 5.25. The molecule has 2 rings (SSSR count). The van der Waals surface area contributed by atoms with Gasteiger partial charge in [-0.05, 0) is 24.3 Å². The first-order valence-corrected chi connectivity index (χ1v) is 7.96. The molecule has 1 aliphatic heterocycles. The Balaban J connectivity index is 2.26. The summed E-state index contributed by atoms with van der Waals surface area (Å²) in [7, 11) is -4.07. The number of benzene rings is 1. The number of rotatable bonds is 3. The highest BCUT2D eigenvalue weighted by atomic mass is 32.2. The van der Waals surface area contributed by atoms with Crippen LogP contribution in [-0.2, 0) is 9.84 Å². The fourth-order valence-electron chi connectivity index (χ4n) is 2.16. The summed E-state index contributed by atoms with van der Waals surface area (Å²) in [5.41, 5.74) is 0. The molecule has 2 N–H and O–H groups in total. The largest absolute Gasteiger partial charge is 0.573 e. The van der Waals surface area contributed by atoms with Gasteiger partial charge in [0, 0.05) is 19.6 Å². The maximum Gasteiger partial charge on any atom is 0.573 e. The minimum Gasteiger partial charge on any atom is -0.465 e. The number of hydrogen-bond acceptors (Lipinski definition) is 5. The summed E-state index contributed by atoms with van der Waals surface area (Å²) < 4.78 is 64.9. The molecule has 0 spiro atoms. The first-order chi connectivity index (χ1) is 10.6. The smallest absolute Gasteiger partial charge is 0.465 e. The number of carboxylic acid groups (broad SMARTS) is 1. The van der Waals surface area contributed by atoms with Gasteiger partial charge in [0.05, 0.1) is 4.90 Å². The number of carbonyl (C=O) groups is 1. The molecular formula is C12H13F3N2O5S. The molecule has 0 saturated carbocycles. The van der Waals surface area contributed by atoms with Crippen LogP contribution >= 0.6 is 0 Å². The first kappa shape index (κ1) is 17.3. The van der Waals surface area contributed by atoms with E-state index in [1.54, 1.807) is 0 Å². The van der Waals surface area contributed by atoms with Gasteiger partial charge in [-0.3, -0.25) is 4.90 Å². The normalized spacial score (nSPS) is 19.4. The van der Waals surface area contributed by atoms with Crippen LogP contribution in [0.1, 0.15) is 0 Å². The molecule has 1 aliphatic rings. The molecule has 1 aromatic rings. The van der Waals surface area contributed by atoms with Crippen LogP contribution in [0.4, 0.5) is 18.0 Å². The van der Waals surface area contributed by atoms with E-state index in [-0.39, 0.29) is 18.0 Å². The van der Waals surface area contributed by atoms with Crippen LogP contribution in [0.5, 0.6) is 5.75 Å². The highest BCUT2D eigenvalue weighted by Crippen LogP contribution is 2.26. The van der Waals surface area contributed by atoms with Gasteiger partial charge in [0.25, 0.3) is 0 Å². The monoisotopic (exact) mass is 354 g/mol. The van der Waals surface area contributed by atoms with E-state index in [2.05, 4.69) is 10.1 Å². The highest BCUT2D eigenvalue weighted by molar-refractivity contribution is 7.92. The second kappa shape index (κ2) is 6.24. The molecule has 1 aromatic carbocycles. The lowest BCUT2D eigenvalue weighted by molar-refractivity contribution is -0.274. The van der Waals surface area contributed by atoms with E-state index in [0.717, 1.165) is 29.2 Å². The van der Waals surface area contributed by atoms with Crippen molar-refractivity contribution in [1.29, 1.82) is 0 Å². The molecule has 128 valence electrons. The number of hydrogen-bond donors (Lipinski definition) is 2. The van der Waals surface area contributed by atoms with E-state index in [1.165, 1.54) is 0 Å². The van der Waals surface area contributed by atoms with Gasteiger partial charge in [-0.1, -0.05) is 0 Å². The fourth-order valence-corrected chi connectivity index (χ4v) is 3.86. The second-order valence-corrected chi connectivity index (χ2v) is 6.80. The Kier molecular flexibility index (Phi) is 4.71. The predicted molar refractivity (Wildman–Crippen MR) is 71.7 cm³/mol. The third kappa shape index (κ3) is 4.05. The van der Waals surface area contributed by atoms with Gasteiger partial charge in [-0.2, -0.15) is 0 Å². The van der Waals surface area contributed by atoms with Gasteiger partial charge in [0.2, 0.25) is 9.84 Å². The van der Waals surface area contributed by atoms with Crippen molar-refractivity contribution in [3.8, 4) is 5.75 Å². The van der Waals surface area contributed by atoms with Crippen molar-refractivity contribution >= 4 is 15.9 Å². The molecule has 11 heteroatoms. The Labute approximate surface area is 129 Å². The van der Waals surface area contributed by atoms with E-state index in [4.69, 9.17) is 5.11 Å². The van der Waals surface area contributed by atoms with Crippen molar-refractivity contribution in [2.75, 3.05) is 19.6 Å². The summed E-state index contributed by atoms with van der Waals surface area (Å²) in [6.07, 6.45) is -6.26. The van der Waals surface area contributed by atoms with Gasteiger partial charge >= 0.3 is 12.5 Å². The molecular weight excluding hydrogens is 341 g/mol. The SMILES string of the molecule is O=C(O)N1CCNCC1S(=O)(=O)c1ccc(OC(F)(F)F)cc1. The topological polar surface area (TPSA) is 95.9 Å². The summed E-state index contributed by atoms with van der Waals surface area (Å²) in [5, 5.41) is 10.5. The predicted octanol–water partition coefficient (Wildman–Crippen LogP) is 1.27. The number of ether oxygens (including phenoxy) is 1. The Morgan fingerprint density at radius 3 is 2.43 bits per heavy atom. The van der Waals surface area contributed by atoms with Crippen molar-refractivity contribution in [1.82, 2.24) is 10.2 Å². The second-order valence-electron chi connectivity index (χ2n) is 4.70. The number of piperazine rings is 1. The Morgan fingerprint density at radius 1 is 1.30 bits per heavy atom. The van der Waals surface area contributed by atoms with Crippen LogP contribution in [0.2, 0.25) is 0 Å². The zero-order valence-corrected chi connectivity index (χ0v) is 12.4. The molecule has 0 aliphatic carbocycles. The van der Waals surface area contributed by atoms with E-state index in [1.807, 2.05) is 0 Å². The Morgan fingerprint density at radius 2 is 1.91 bits per heavy atom. The van der Waals surface area contributed by atoms with Crippen molar-refractivity contribution in [2.24, 2.45) is 0 Å². The average Bonchev–Trinajstić information content (AvgIpc) is 2.46. The van der Waals surface area contributed by atoms with E-state index < -0.39 is 33.4 Å². The van der Waals surface area contributed by atoms with E-state index in [0.29, 0.717) is 6.54 Å². The molecule has 23 heavy (non-hydrogen) atoms. The molecule has 1 heterocycles. The summed E-state index contributed by atoms with van der Waals surface area (Å²) in [6.45, 7) is 0.209. The number of halogens is 3. The van der Waals surface area contributed by atoms with Gasteiger partial charge in [0.1, 0.15) is 5.75 Å². The molecule has 1 fully saturated rings. The number of alkyl halides is 3. The standard InChI is InChI=1S/C12H13F3N2O5S/c13-12(14,15)22-8-1-3-9(4-2-8)23(20,21)10-7-16-5-6-17(10)11(18)19/h1-4,10,16H,5-7H2,(H,18,19). The van der Waals surface area contributed by atoms with Crippen LogP contribution in [-0.4, -0.2) is 55.9 Å². The summed E-state index contributed by atoms with van der Waals surface area (Å²) in [6, 6.07) is 3.62. The first-order valence-electron chi connectivity index (χ1n) is 6.41. The quantitative estimate of drug-likeness (QED) is 0.849. The van der Waals surface area contributed by atoms with Gasteiger partial charge < -0.3 is 15.2 Å². The molecule has 0 aromatic heterocycles. The molecule has 1 amide bonds. The molecule has 1 saturated heterocycles. The van der Waals surface area contributed by atoms with E-state index in [9.17, 15) is 26.4 Å². The van der Waals surface area contributed by atoms with Crippen LogP contribution in [0, 0.1) is 0 Å². The maximum absolute atomic E-state index is 12.5. The minimum absolute atomic E-state index is 0.00546. The van der Waals surface area contributed by atoms with Gasteiger partial charge in [-0.15, -0.1) is 13.2 Å². The minimum atomic E-state index is -4.88. The third-order valence-electron chi connectivity index (χ3n) is 3.19. The highest BCUT2D eigenvalue weighted by Gasteiger charge is 2.38. The molecule has 7 nitrogen and oxygen atoms in total. The summed E-state index contributed by atoms with van der Waals surface area (Å²) in [4.78, 5) is 11.6. The lowest BCUT2D eigenvalue weighted by Crippen LogP contribution is -2.56. The van der Waals surface area contributed by atoms with Crippen LogP contribution < -0.4 is 10.1 Å². The maximum atomic E-state index is 12.5. The number of nitrogens with zero attached hydrogens (tertiary/aromatic N) is 1. The van der Waals surface area contributed by atoms with Crippen molar-refractivity contribution in [2.45, 2.75) is 16.6 Å². The van der Waals surface area contributed by atoms with Crippen LogP contribution in [0.15, 0.2) is 29.2 Å². The zero-order chi connectivity index (χ0) is 17.3. The molecule has 0 bridgehead atoms. The van der Waals surface area contributed by atoms with Crippen LogP contribution in [0.3, 0.4) is 0 Å². The van der Waals surface area contributed by atoms with Crippen molar-refractivity contribution < 1.29 is 36.2 Å². The Hall–Kier alpha value is -2.01. The molecule has 1 atom stereocenters. The van der Waals surface area contributed by atoms with Gasteiger partial charge in [0.15, 0.2) is 5.37 Å². The molecule has 1 unspecified atom stereocenters. The fraction of sp³-hybridized carbons (Fsp3) is 0.417. The number of nitrogens with one attached hydrogen (secondary N) is 1.